The summed E-state index contributed by atoms with van der Waals surface area (Å²) in [5, 5.41) is 3.21. The molecule has 2 aliphatic rings. The lowest BCUT2D eigenvalue weighted by Gasteiger charge is -2.44. The number of hydrogen-bond donors (Lipinski definition) is 1. The Labute approximate surface area is 186 Å². The monoisotopic (exact) mass is 440 g/mol. The van der Waals surface area contributed by atoms with Crippen LogP contribution in [0.25, 0.3) is 0 Å². The molecule has 31 heavy (non-hydrogen) atoms. The maximum Gasteiger partial charge on any atom is 0.251 e. The number of rotatable bonds is 3. The number of Topliss-reactive ketones (excluding diaryl/α,β-unsaturated/α-hetero) is 1. The number of amides is 2. The number of aryl methyl sites for hydroxylation is 1. The van der Waals surface area contributed by atoms with Gasteiger partial charge in [-0.3, -0.25) is 14.4 Å². The van der Waals surface area contributed by atoms with Gasteiger partial charge in [-0.05, 0) is 55.3 Å². The van der Waals surface area contributed by atoms with Crippen molar-refractivity contribution >= 4 is 29.2 Å². The van der Waals surface area contributed by atoms with E-state index < -0.39 is 5.60 Å². The zero-order valence-corrected chi connectivity index (χ0v) is 18.4. The van der Waals surface area contributed by atoms with Crippen molar-refractivity contribution in [1.29, 1.82) is 0 Å². The van der Waals surface area contributed by atoms with Crippen LogP contribution in [0.1, 0.15) is 51.1 Å². The van der Waals surface area contributed by atoms with Crippen LogP contribution in [0.4, 0.5) is 0 Å². The average molecular weight is 441 g/mol. The van der Waals surface area contributed by atoms with Gasteiger partial charge in [0.1, 0.15) is 11.4 Å². The Morgan fingerprint density at radius 1 is 1.10 bits per heavy atom. The molecule has 4 rings (SSSR count). The van der Waals surface area contributed by atoms with Gasteiger partial charge in [-0.25, -0.2) is 0 Å². The Balaban J connectivity index is 1.35. The van der Waals surface area contributed by atoms with E-state index in [9.17, 15) is 14.4 Å². The Morgan fingerprint density at radius 2 is 1.77 bits per heavy atom. The van der Waals surface area contributed by atoms with E-state index in [1.165, 1.54) is 0 Å². The highest BCUT2D eigenvalue weighted by molar-refractivity contribution is 6.30. The Bertz CT molecular complexity index is 1040. The van der Waals surface area contributed by atoms with Crippen LogP contribution < -0.4 is 10.1 Å². The maximum atomic E-state index is 12.8. The number of likely N-dealkylation sites (tertiary alicyclic amines) is 1. The molecule has 0 bridgehead atoms. The zero-order chi connectivity index (χ0) is 22.2. The van der Waals surface area contributed by atoms with E-state index in [1.807, 2.05) is 26.0 Å². The van der Waals surface area contributed by atoms with E-state index >= 15 is 0 Å². The third kappa shape index (κ3) is 4.30. The largest absolute Gasteiger partial charge is 0.486 e. The summed E-state index contributed by atoms with van der Waals surface area (Å²) in [5.41, 5.74) is 2.62. The molecule has 2 heterocycles. The fourth-order valence-corrected chi connectivity index (χ4v) is 4.32. The van der Waals surface area contributed by atoms with Crippen molar-refractivity contribution in [3.63, 3.8) is 0 Å². The number of piperidine rings is 1. The van der Waals surface area contributed by atoms with Gasteiger partial charge < -0.3 is 15.0 Å². The molecule has 1 spiro atoms. The van der Waals surface area contributed by atoms with E-state index in [2.05, 4.69) is 5.32 Å². The average Bonchev–Trinajstić information content (AvgIpc) is 2.76. The van der Waals surface area contributed by atoms with E-state index in [-0.39, 0.29) is 24.1 Å². The fourth-order valence-electron chi connectivity index (χ4n) is 4.20. The molecule has 1 N–H and O–H groups in total. The van der Waals surface area contributed by atoms with Gasteiger partial charge in [-0.2, -0.15) is 0 Å². The number of halogens is 1. The van der Waals surface area contributed by atoms with Crippen LogP contribution in [0.15, 0.2) is 36.4 Å². The topological polar surface area (TPSA) is 75.7 Å². The predicted molar refractivity (Wildman–Crippen MR) is 118 cm³/mol. The van der Waals surface area contributed by atoms with Crippen molar-refractivity contribution in [2.45, 2.75) is 38.7 Å². The number of ether oxygens (including phenoxy) is 1. The van der Waals surface area contributed by atoms with Gasteiger partial charge in [0.05, 0.1) is 18.5 Å². The summed E-state index contributed by atoms with van der Waals surface area (Å²) >= 11 is 5.84. The number of carbonyl (C=O) groups is 3. The minimum atomic E-state index is -0.564. The maximum absolute atomic E-state index is 12.8. The first-order valence-corrected chi connectivity index (χ1v) is 10.8. The molecule has 6 nitrogen and oxygen atoms in total. The molecule has 0 saturated carbocycles. The summed E-state index contributed by atoms with van der Waals surface area (Å²) in [5.74, 6) is 0.319. The number of nitrogens with one attached hydrogen (secondary N) is 1. The van der Waals surface area contributed by atoms with Gasteiger partial charge in [0.25, 0.3) is 5.91 Å². The zero-order valence-electron chi connectivity index (χ0n) is 17.7. The standard InChI is InChI=1S/C24H25ClN2O4/c1-15-3-8-19-20(28)13-24(31-22(19)16(15)2)9-11-27(12-10-24)21(29)14-26-23(30)17-4-6-18(25)7-5-17/h3-8H,9-14H2,1-2H3,(H,26,30). The SMILES string of the molecule is Cc1ccc2c(c1C)OC1(CCN(C(=O)CNC(=O)c3ccc(Cl)cc3)CC1)CC2=O. The summed E-state index contributed by atoms with van der Waals surface area (Å²) in [7, 11) is 0. The van der Waals surface area contributed by atoms with Crippen LogP contribution in [0, 0.1) is 13.8 Å². The lowest BCUT2D eigenvalue weighted by atomic mass is 9.81. The van der Waals surface area contributed by atoms with Gasteiger partial charge in [-0.1, -0.05) is 17.7 Å². The highest BCUT2D eigenvalue weighted by Crippen LogP contribution is 2.41. The van der Waals surface area contributed by atoms with Crippen LogP contribution in [-0.2, 0) is 4.79 Å². The van der Waals surface area contributed by atoms with E-state index in [1.54, 1.807) is 29.2 Å². The second-order valence-electron chi connectivity index (χ2n) is 8.34. The molecule has 0 atom stereocenters. The molecule has 2 aromatic carbocycles. The van der Waals surface area contributed by atoms with Crippen LogP contribution in [0.3, 0.4) is 0 Å². The number of benzene rings is 2. The molecule has 7 heteroatoms. The molecular weight excluding hydrogens is 416 g/mol. The van der Waals surface area contributed by atoms with Gasteiger partial charge in [0.15, 0.2) is 5.78 Å². The molecule has 2 amide bonds. The highest BCUT2D eigenvalue weighted by atomic mass is 35.5. The molecule has 0 radical (unpaired) electrons. The molecule has 0 aliphatic carbocycles. The number of hydrogen-bond acceptors (Lipinski definition) is 4. The van der Waals surface area contributed by atoms with Crippen molar-refractivity contribution < 1.29 is 19.1 Å². The van der Waals surface area contributed by atoms with E-state index in [0.29, 0.717) is 54.3 Å². The Morgan fingerprint density at radius 3 is 2.45 bits per heavy atom. The van der Waals surface area contributed by atoms with Gasteiger partial charge in [0, 0.05) is 36.5 Å². The second-order valence-corrected chi connectivity index (χ2v) is 8.78. The summed E-state index contributed by atoms with van der Waals surface area (Å²) in [4.78, 5) is 39.3. The first-order valence-electron chi connectivity index (χ1n) is 10.4. The van der Waals surface area contributed by atoms with E-state index in [0.717, 1.165) is 11.1 Å². The van der Waals surface area contributed by atoms with Gasteiger partial charge >= 0.3 is 0 Å². The number of nitrogens with zero attached hydrogens (tertiary/aromatic N) is 1. The van der Waals surface area contributed by atoms with E-state index in [4.69, 9.17) is 16.3 Å². The lowest BCUT2D eigenvalue weighted by molar-refractivity contribution is -0.133. The molecule has 0 unspecified atom stereocenters. The predicted octanol–water partition coefficient (Wildman–Crippen LogP) is 3.71. The lowest BCUT2D eigenvalue weighted by Crippen LogP contribution is -2.53. The first kappa shape index (κ1) is 21.4. The third-order valence-corrected chi connectivity index (χ3v) is 6.56. The number of ketones is 1. The summed E-state index contributed by atoms with van der Waals surface area (Å²) < 4.78 is 6.40. The van der Waals surface area contributed by atoms with Gasteiger partial charge in [0.2, 0.25) is 5.91 Å². The minimum absolute atomic E-state index is 0.0740. The highest BCUT2D eigenvalue weighted by Gasteiger charge is 2.44. The van der Waals surface area contributed by atoms with Crippen LogP contribution >= 0.6 is 11.6 Å². The van der Waals surface area contributed by atoms with Crippen molar-refractivity contribution in [1.82, 2.24) is 10.2 Å². The Hall–Kier alpha value is -2.86. The number of fused-ring (bicyclic) bond motifs is 1. The minimum Gasteiger partial charge on any atom is -0.486 e. The quantitative estimate of drug-likeness (QED) is 0.789. The molecule has 1 fully saturated rings. The molecule has 162 valence electrons. The summed E-state index contributed by atoms with van der Waals surface area (Å²) in [6.07, 6.45) is 1.50. The molecule has 2 aromatic rings. The van der Waals surface area contributed by atoms with Crippen molar-refractivity contribution in [3.05, 3.63) is 63.7 Å². The molecule has 0 aromatic heterocycles. The smallest absolute Gasteiger partial charge is 0.251 e. The van der Waals surface area contributed by atoms with Crippen molar-refractivity contribution in [2.75, 3.05) is 19.6 Å². The van der Waals surface area contributed by atoms with Crippen LogP contribution in [0.2, 0.25) is 5.02 Å². The molecular formula is C24H25ClN2O4. The van der Waals surface area contributed by atoms with Crippen LogP contribution in [-0.4, -0.2) is 47.7 Å². The normalized spacial score (nSPS) is 17.1. The second kappa shape index (κ2) is 8.35. The number of carbonyl (C=O) groups excluding carboxylic acids is 3. The van der Waals surface area contributed by atoms with Crippen molar-refractivity contribution in [2.24, 2.45) is 0 Å². The summed E-state index contributed by atoms with van der Waals surface area (Å²) in [6, 6.07) is 10.3. The van der Waals surface area contributed by atoms with Crippen LogP contribution in [0.5, 0.6) is 5.75 Å². The third-order valence-electron chi connectivity index (χ3n) is 6.31. The Kier molecular flexibility index (Phi) is 5.75. The van der Waals surface area contributed by atoms with Crippen molar-refractivity contribution in [3.8, 4) is 5.75 Å². The summed E-state index contributed by atoms with van der Waals surface area (Å²) in [6.45, 7) is 4.88. The fraction of sp³-hybridized carbons (Fsp3) is 0.375. The molecule has 1 saturated heterocycles. The molecule has 2 aliphatic heterocycles. The van der Waals surface area contributed by atoms with Gasteiger partial charge in [-0.15, -0.1) is 0 Å². The first-order chi connectivity index (χ1) is 14.8.